The summed E-state index contributed by atoms with van der Waals surface area (Å²) >= 11 is 0. The summed E-state index contributed by atoms with van der Waals surface area (Å²) < 4.78 is 12.6. The lowest BCUT2D eigenvalue weighted by atomic mass is 10.1. The van der Waals surface area contributed by atoms with E-state index < -0.39 is 5.63 Å². The summed E-state index contributed by atoms with van der Waals surface area (Å²) in [6.07, 6.45) is 1.73. The van der Waals surface area contributed by atoms with Crippen molar-refractivity contribution in [1.29, 1.82) is 0 Å². The van der Waals surface area contributed by atoms with Crippen LogP contribution < -0.4 is 15.7 Å². The van der Waals surface area contributed by atoms with E-state index in [2.05, 4.69) is 15.6 Å². The summed E-state index contributed by atoms with van der Waals surface area (Å²) in [6, 6.07) is 23.2. The first-order valence-electron chi connectivity index (χ1n) is 10.6. The molecule has 34 heavy (non-hydrogen) atoms. The molecule has 0 saturated heterocycles. The van der Waals surface area contributed by atoms with E-state index in [1.807, 2.05) is 43.3 Å². The zero-order valence-electron chi connectivity index (χ0n) is 18.3. The summed E-state index contributed by atoms with van der Waals surface area (Å²) in [6.45, 7) is 2.07. The van der Waals surface area contributed by atoms with Crippen LogP contribution in [-0.2, 0) is 6.61 Å². The monoisotopic (exact) mass is 452 g/mol. The zero-order chi connectivity index (χ0) is 23.5. The van der Waals surface area contributed by atoms with E-state index >= 15 is 0 Å². The molecule has 168 valence electrons. The largest absolute Gasteiger partial charge is 0.486 e. The molecule has 0 saturated carbocycles. The molecule has 0 atom stereocenters. The van der Waals surface area contributed by atoms with Crippen molar-refractivity contribution in [2.45, 2.75) is 13.5 Å². The maximum absolute atomic E-state index is 12.6. The number of aryl methyl sites for hydroxylation is 1. The number of hydrogen-bond donors (Lipinski definition) is 1. The molecule has 2 heterocycles. The average molecular weight is 452 g/mol. The van der Waals surface area contributed by atoms with E-state index in [0.717, 1.165) is 16.9 Å². The van der Waals surface area contributed by atoms with Gasteiger partial charge in [0.05, 0.1) is 23.3 Å². The van der Waals surface area contributed by atoms with Gasteiger partial charge >= 0.3 is 5.63 Å². The van der Waals surface area contributed by atoms with Crippen molar-refractivity contribution in [2.24, 2.45) is 0 Å². The van der Waals surface area contributed by atoms with Crippen LogP contribution in [-0.4, -0.2) is 20.9 Å². The van der Waals surface area contributed by atoms with Crippen molar-refractivity contribution in [3.63, 3.8) is 0 Å². The minimum absolute atomic E-state index is 0.129. The molecule has 0 radical (unpaired) electrons. The van der Waals surface area contributed by atoms with Gasteiger partial charge in [0, 0.05) is 11.3 Å². The number of hydrogen-bond acceptors (Lipinski definition) is 6. The Bertz CT molecular complexity index is 1540. The van der Waals surface area contributed by atoms with Crippen molar-refractivity contribution < 1.29 is 13.9 Å². The summed E-state index contributed by atoms with van der Waals surface area (Å²) in [4.78, 5) is 24.4. The van der Waals surface area contributed by atoms with Gasteiger partial charge in [0.2, 0.25) is 0 Å². The Balaban J connectivity index is 1.27. The SMILES string of the molecule is Cc1ccccc1NC(=O)c1ccc(-n2cc(COc3cc(=O)oc4ccccc34)nn2)cc1. The maximum Gasteiger partial charge on any atom is 0.339 e. The molecule has 1 N–H and O–H groups in total. The number of para-hydroxylation sites is 2. The molecule has 8 nitrogen and oxygen atoms in total. The van der Waals surface area contributed by atoms with Crippen LogP contribution in [0, 0.1) is 6.92 Å². The highest BCUT2D eigenvalue weighted by atomic mass is 16.5. The van der Waals surface area contributed by atoms with E-state index in [1.54, 1.807) is 47.3 Å². The van der Waals surface area contributed by atoms with Crippen LogP contribution >= 0.6 is 0 Å². The molecule has 0 bridgehead atoms. The third-order valence-corrected chi connectivity index (χ3v) is 5.32. The lowest BCUT2D eigenvalue weighted by molar-refractivity contribution is 0.102. The van der Waals surface area contributed by atoms with Gasteiger partial charge in [-0.1, -0.05) is 35.5 Å². The van der Waals surface area contributed by atoms with Gasteiger partial charge in [-0.25, -0.2) is 9.48 Å². The number of rotatable bonds is 6. The molecule has 0 unspecified atom stereocenters. The molecular weight excluding hydrogens is 432 g/mol. The Morgan fingerprint density at radius 1 is 1.03 bits per heavy atom. The number of benzene rings is 3. The molecule has 0 aliphatic carbocycles. The Hall–Kier alpha value is -4.72. The Morgan fingerprint density at radius 2 is 1.79 bits per heavy atom. The smallest absolute Gasteiger partial charge is 0.339 e. The zero-order valence-corrected chi connectivity index (χ0v) is 18.3. The highest BCUT2D eigenvalue weighted by Crippen LogP contribution is 2.24. The van der Waals surface area contributed by atoms with E-state index in [4.69, 9.17) is 9.15 Å². The second-order valence-corrected chi connectivity index (χ2v) is 7.68. The van der Waals surface area contributed by atoms with Gasteiger partial charge in [0.25, 0.3) is 5.91 Å². The summed E-state index contributed by atoms with van der Waals surface area (Å²) in [7, 11) is 0. The van der Waals surface area contributed by atoms with Crippen molar-refractivity contribution >= 4 is 22.6 Å². The standard InChI is InChI=1S/C26H20N4O4/c1-17-6-2-4-8-22(17)27-26(32)18-10-12-20(13-11-18)30-15-19(28-29-30)16-33-24-14-25(31)34-23-9-5-3-7-21(23)24/h2-15H,16H2,1H3,(H,27,32). The van der Waals surface area contributed by atoms with Gasteiger partial charge in [0.1, 0.15) is 23.6 Å². The average Bonchev–Trinajstić information content (AvgIpc) is 3.33. The number of aromatic nitrogens is 3. The van der Waals surface area contributed by atoms with E-state index in [9.17, 15) is 9.59 Å². The van der Waals surface area contributed by atoms with E-state index in [0.29, 0.717) is 28.0 Å². The van der Waals surface area contributed by atoms with Crippen LogP contribution in [0.25, 0.3) is 16.7 Å². The van der Waals surface area contributed by atoms with Crippen LogP contribution in [0.1, 0.15) is 21.6 Å². The number of nitrogens with zero attached hydrogens (tertiary/aromatic N) is 3. The van der Waals surface area contributed by atoms with Crippen molar-refractivity contribution in [3.8, 4) is 11.4 Å². The number of ether oxygens (including phenoxy) is 1. The predicted molar refractivity (Wildman–Crippen MR) is 127 cm³/mol. The van der Waals surface area contributed by atoms with Gasteiger partial charge in [-0.3, -0.25) is 4.79 Å². The first-order chi connectivity index (χ1) is 16.6. The molecule has 1 amide bonds. The summed E-state index contributed by atoms with van der Waals surface area (Å²) in [5, 5.41) is 11.9. The number of amides is 1. The molecule has 0 spiro atoms. The second-order valence-electron chi connectivity index (χ2n) is 7.68. The summed E-state index contributed by atoms with van der Waals surface area (Å²) in [5.41, 5.74) is 3.61. The quantitative estimate of drug-likeness (QED) is 0.381. The van der Waals surface area contributed by atoms with Gasteiger partial charge in [-0.15, -0.1) is 5.10 Å². The normalized spacial score (nSPS) is 10.9. The van der Waals surface area contributed by atoms with Crippen LogP contribution in [0.15, 0.2) is 94.3 Å². The lowest BCUT2D eigenvalue weighted by Crippen LogP contribution is -2.12. The highest BCUT2D eigenvalue weighted by molar-refractivity contribution is 6.04. The molecule has 8 heteroatoms. The fourth-order valence-corrected chi connectivity index (χ4v) is 3.52. The maximum atomic E-state index is 12.6. The Labute approximate surface area is 194 Å². The van der Waals surface area contributed by atoms with Crippen molar-refractivity contribution in [3.05, 3.63) is 112 Å². The fourth-order valence-electron chi connectivity index (χ4n) is 3.52. The number of anilines is 1. The number of fused-ring (bicyclic) bond motifs is 1. The van der Waals surface area contributed by atoms with E-state index in [-0.39, 0.29) is 12.5 Å². The molecule has 0 aliphatic heterocycles. The molecular formula is C26H20N4O4. The van der Waals surface area contributed by atoms with Crippen LogP contribution in [0.2, 0.25) is 0 Å². The van der Waals surface area contributed by atoms with Crippen LogP contribution in [0.5, 0.6) is 5.75 Å². The molecule has 0 aliphatic rings. The molecule has 0 fully saturated rings. The van der Waals surface area contributed by atoms with Gasteiger partial charge < -0.3 is 14.5 Å². The van der Waals surface area contributed by atoms with Crippen molar-refractivity contribution in [1.82, 2.24) is 15.0 Å². The van der Waals surface area contributed by atoms with Gasteiger partial charge in [-0.05, 0) is 55.0 Å². The van der Waals surface area contributed by atoms with Crippen LogP contribution in [0.4, 0.5) is 5.69 Å². The topological polar surface area (TPSA) is 99.2 Å². The first-order valence-corrected chi connectivity index (χ1v) is 10.6. The number of carbonyl (C=O) groups excluding carboxylic acids is 1. The minimum atomic E-state index is -0.482. The lowest BCUT2D eigenvalue weighted by Gasteiger charge is -2.08. The van der Waals surface area contributed by atoms with Gasteiger partial charge in [0.15, 0.2) is 0 Å². The van der Waals surface area contributed by atoms with Gasteiger partial charge in [-0.2, -0.15) is 0 Å². The number of carbonyl (C=O) groups is 1. The fraction of sp³-hybridized carbons (Fsp3) is 0.0769. The molecule has 2 aromatic heterocycles. The first kappa shape index (κ1) is 21.1. The molecule has 3 aromatic carbocycles. The second kappa shape index (κ2) is 9.03. The van der Waals surface area contributed by atoms with E-state index in [1.165, 1.54) is 6.07 Å². The Morgan fingerprint density at radius 3 is 2.62 bits per heavy atom. The van der Waals surface area contributed by atoms with Crippen LogP contribution in [0.3, 0.4) is 0 Å². The minimum Gasteiger partial charge on any atom is -0.486 e. The number of nitrogens with one attached hydrogen (secondary N) is 1. The Kier molecular flexibility index (Phi) is 5.61. The summed E-state index contributed by atoms with van der Waals surface area (Å²) in [5.74, 6) is 0.235. The third kappa shape index (κ3) is 4.42. The molecule has 5 rings (SSSR count). The highest BCUT2D eigenvalue weighted by Gasteiger charge is 2.11. The third-order valence-electron chi connectivity index (χ3n) is 5.32. The van der Waals surface area contributed by atoms with Crippen molar-refractivity contribution in [2.75, 3.05) is 5.32 Å². The predicted octanol–water partition coefficient (Wildman–Crippen LogP) is 4.51. The molecule has 5 aromatic rings.